The summed E-state index contributed by atoms with van der Waals surface area (Å²) in [6.07, 6.45) is 4.10. The number of anilines is 2. The van der Waals surface area contributed by atoms with Crippen LogP contribution in [0.15, 0.2) is 41.3 Å². The molecule has 2 aliphatic rings. The van der Waals surface area contributed by atoms with Crippen LogP contribution >= 0.6 is 0 Å². The van der Waals surface area contributed by atoms with Gasteiger partial charge in [0.15, 0.2) is 5.82 Å². The minimum atomic E-state index is -3.64. The molecule has 4 rings (SSSR count). The third-order valence-corrected chi connectivity index (χ3v) is 8.34. The first-order valence-corrected chi connectivity index (χ1v) is 12.8. The fourth-order valence-corrected chi connectivity index (χ4v) is 5.94. The van der Waals surface area contributed by atoms with Crippen LogP contribution in [0.5, 0.6) is 0 Å². The van der Waals surface area contributed by atoms with Crippen molar-refractivity contribution in [1.82, 2.24) is 4.31 Å². The van der Waals surface area contributed by atoms with Gasteiger partial charge in [0.1, 0.15) is 5.69 Å². The zero-order chi connectivity index (χ0) is 23.6. The SMILES string of the molecule is Cc1ccc(S(=O)(=O)N2CCN(c3cc(N4CCCCCC4)c(F)cc3[N+](=O)[O-])CC2)cc1. The zero-order valence-electron chi connectivity index (χ0n) is 18.7. The Kier molecular flexibility index (Phi) is 6.85. The molecule has 0 aliphatic carbocycles. The normalized spacial score (nSPS) is 18.2. The van der Waals surface area contributed by atoms with Crippen molar-refractivity contribution in [2.75, 3.05) is 49.1 Å². The van der Waals surface area contributed by atoms with Crippen molar-refractivity contribution in [2.24, 2.45) is 0 Å². The molecule has 8 nitrogen and oxygen atoms in total. The average Bonchev–Trinajstić information content (AvgIpc) is 3.09. The zero-order valence-corrected chi connectivity index (χ0v) is 19.6. The van der Waals surface area contributed by atoms with E-state index in [1.54, 1.807) is 35.2 Å². The summed E-state index contributed by atoms with van der Waals surface area (Å²) in [4.78, 5) is 15.1. The molecule has 2 aromatic carbocycles. The van der Waals surface area contributed by atoms with Gasteiger partial charge in [0.25, 0.3) is 5.69 Å². The predicted molar refractivity (Wildman–Crippen MR) is 126 cm³/mol. The number of nitro benzene ring substituents is 1. The third-order valence-electron chi connectivity index (χ3n) is 6.43. The number of aryl methyl sites for hydroxylation is 1. The van der Waals surface area contributed by atoms with E-state index in [2.05, 4.69) is 0 Å². The van der Waals surface area contributed by atoms with E-state index in [1.165, 1.54) is 4.31 Å². The van der Waals surface area contributed by atoms with Crippen LogP contribution in [0.25, 0.3) is 0 Å². The minimum absolute atomic E-state index is 0.198. The second kappa shape index (κ2) is 9.64. The van der Waals surface area contributed by atoms with Gasteiger partial charge in [-0.15, -0.1) is 0 Å². The first-order valence-electron chi connectivity index (χ1n) is 11.3. The minimum Gasteiger partial charge on any atom is -0.369 e. The molecule has 0 amide bonds. The Labute approximate surface area is 193 Å². The van der Waals surface area contributed by atoms with E-state index in [0.717, 1.165) is 50.4 Å². The molecule has 0 spiro atoms. The van der Waals surface area contributed by atoms with E-state index in [1.807, 2.05) is 11.8 Å². The lowest BCUT2D eigenvalue weighted by Gasteiger charge is -2.35. The van der Waals surface area contributed by atoms with Gasteiger partial charge < -0.3 is 9.80 Å². The van der Waals surface area contributed by atoms with Crippen molar-refractivity contribution in [3.8, 4) is 0 Å². The van der Waals surface area contributed by atoms with Gasteiger partial charge in [0.05, 0.1) is 21.6 Å². The summed E-state index contributed by atoms with van der Waals surface area (Å²) in [5, 5.41) is 11.7. The second-order valence-electron chi connectivity index (χ2n) is 8.65. The lowest BCUT2D eigenvalue weighted by atomic mass is 10.1. The van der Waals surface area contributed by atoms with Crippen molar-refractivity contribution < 1.29 is 17.7 Å². The van der Waals surface area contributed by atoms with Gasteiger partial charge in [-0.2, -0.15) is 4.31 Å². The molecule has 0 radical (unpaired) electrons. The van der Waals surface area contributed by atoms with Crippen molar-refractivity contribution in [3.05, 3.63) is 57.9 Å². The van der Waals surface area contributed by atoms with Gasteiger partial charge in [0, 0.05) is 39.3 Å². The maximum absolute atomic E-state index is 14.9. The topological polar surface area (TPSA) is 87.0 Å². The number of hydrogen-bond donors (Lipinski definition) is 0. The summed E-state index contributed by atoms with van der Waals surface area (Å²) >= 11 is 0. The maximum atomic E-state index is 14.9. The second-order valence-corrected chi connectivity index (χ2v) is 10.6. The monoisotopic (exact) mass is 476 g/mol. The van der Waals surface area contributed by atoms with E-state index >= 15 is 0 Å². The van der Waals surface area contributed by atoms with Crippen molar-refractivity contribution in [1.29, 1.82) is 0 Å². The van der Waals surface area contributed by atoms with Crippen molar-refractivity contribution in [3.63, 3.8) is 0 Å². The van der Waals surface area contributed by atoms with Crippen LogP contribution < -0.4 is 9.80 Å². The molecule has 0 aromatic heterocycles. The number of benzene rings is 2. The van der Waals surface area contributed by atoms with Crippen LogP contribution in [-0.2, 0) is 10.0 Å². The van der Waals surface area contributed by atoms with Gasteiger partial charge in [0.2, 0.25) is 10.0 Å². The van der Waals surface area contributed by atoms with Crippen LogP contribution in [0.4, 0.5) is 21.5 Å². The highest BCUT2D eigenvalue weighted by Crippen LogP contribution is 2.36. The molecule has 0 saturated carbocycles. The summed E-state index contributed by atoms with van der Waals surface area (Å²) in [5.41, 5.74) is 1.41. The largest absolute Gasteiger partial charge is 0.369 e. The van der Waals surface area contributed by atoms with Crippen LogP contribution in [0.2, 0.25) is 0 Å². The summed E-state index contributed by atoms with van der Waals surface area (Å²) < 4.78 is 42.3. The highest BCUT2D eigenvalue weighted by atomic mass is 32.2. The molecule has 2 heterocycles. The molecule has 2 fully saturated rings. The molecule has 2 aromatic rings. The third kappa shape index (κ3) is 4.96. The Bertz CT molecular complexity index is 1110. The molecule has 2 aliphatic heterocycles. The smallest absolute Gasteiger partial charge is 0.295 e. The first kappa shape index (κ1) is 23.4. The van der Waals surface area contributed by atoms with E-state index < -0.39 is 20.8 Å². The van der Waals surface area contributed by atoms with Gasteiger partial charge in [-0.3, -0.25) is 10.1 Å². The maximum Gasteiger partial charge on any atom is 0.295 e. The highest BCUT2D eigenvalue weighted by Gasteiger charge is 2.32. The van der Waals surface area contributed by atoms with Crippen LogP contribution in [0.3, 0.4) is 0 Å². The van der Waals surface area contributed by atoms with Crippen molar-refractivity contribution >= 4 is 27.1 Å². The Hall–Kier alpha value is -2.72. The lowest BCUT2D eigenvalue weighted by molar-refractivity contribution is -0.384. The molecular weight excluding hydrogens is 447 g/mol. The summed E-state index contributed by atoms with van der Waals surface area (Å²) in [5.74, 6) is -0.590. The molecule has 178 valence electrons. The van der Waals surface area contributed by atoms with Gasteiger partial charge in [-0.1, -0.05) is 30.5 Å². The van der Waals surface area contributed by atoms with Gasteiger partial charge in [-0.25, -0.2) is 12.8 Å². The van der Waals surface area contributed by atoms with E-state index in [9.17, 15) is 22.9 Å². The number of piperazine rings is 1. The molecule has 2 saturated heterocycles. The fraction of sp³-hybridized carbons (Fsp3) is 0.478. The Morgan fingerprint density at radius 3 is 2.00 bits per heavy atom. The van der Waals surface area contributed by atoms with E-state index in [4.69, 9.17) is 0 Å². The Morgan fingerprint density at radius 1 is 0.848 bits per heavy atom. The average molecular weight is 477 g/mol. The molecule has 33 heavy (non-hydrogen) atoms. The standard InChI is InChI=1S/C23H29FN4O4S/c1-18-6-8-19(9-7-18)33(31,32)27-14-12-26(13-15-27)22-17-21(20(24)16-23(22)28(29)30)25-10-4-2-3-5-11-25/h6-9,16-17H,2-5,10-15H2,1H3. The Morgan fingerprint density at radius 2 is 1.42 bits per heavy atom. The number of nitro groups is 1. The molecular formula is C23H29FN4O4S. The number of sulfonamides is 1. The van der Waals surface area contributed by atoms with Crippen LogP contribution in [-0.4, -0.2) is 56.9 Å². The number of nitrogens with zero attached hydrogens (tertiary/aromatic N) is 4. The number of hydrogen-bond acceptors (Lipinski definition) is 6. The summed E-state index contributed by atoms with van der Waals surface area (Å²) in [6.45, 7) is 4.31. The predicted octanol–water partition coefficient (Wildman–Crippen LogP) is 3.93. The quantitative estimate of drug-likeness (QED) is 0.480. The first-order chi connectivity index (χ1) is 15.8. The van der Waals surface area contributed by atoms with Crippen LogP contribution in [0.1, 0.15) is 31.2 Å². The van der Waals surface area contributed by atoms with E-state index in [0.29, 0.717) is 11.4 Å². The molecule has 0 unspecified atom stereocenters. The van der Waals surface area contributed by atoms with Crippen LogP contribution in [0, 0.1) is 22.9 Å². The van der Waals surface area contributed by atoms with E-state index in [-0.39, 0.29) is 36.8 Å². The molecule has 0 N–H and O–H groups in total. The highest BCUT2D eigenvalue weighted by molar-refractivity contribution is 7.89. The summed E-state index contributed by atoms with van der Waals surface area (Å²) in [6, 6.07) is 9.28. The van der Waals surface area contributed by atoms with Crippen molar-refractivity contribution in [2.45, 2.75) is 37.5 Å². The molecule has 10 heteroatoms. The van der Waals surface area contributed by atoms with Gasteiger partial charge in [-0.05, 0) is 38.0 Å². The Balaban J connectivity index is 1.57. The number of halogens is 1. The molecule has 0 bridgehead atoms. The lowest BCUT2D eigenvalue weighted by Crippen LogP contribution is -2.48. The number of rotatable bonds is 5. The summed E-state index contributed by atoms with van der Waals surface area (Å²) in [7, 11) is -3.64. The fourth-order valence-electron chi connectivity index (χ4n) is 4.52. The molecule has 0 atom stereocenters. The van der Waals surface area contributed by atoms with Gasteiger partial charge >= 0.3 is 0 Å².